The molecule has 0 amide bonds. The Morgan fingerprint density at radius 3 is 2.35 bits per heavy atom. The SMILES string of the molecule is CCN(CC)c1ccc2c(c1)Oc1cc(NC(=S)N(C)C)ccc1C21OC(O)c2ccccc21. The van der Waals surface area contributed by atoms with Crippen molar-refractivity contribution >= 4 is 28.7 Å². The zero-order valence-electron chi connectivity index (χ0n) is 19.8. The molecule has 0 radical (unpaired) electrons. The summed E-state index contributed by atoms with van der Waals surface area (Å²) in [7, 11) is 3.80. The summed E-state index contributed by atoms with van der Waals surface area (Å²) in [5.41, 5.74) is 4.35. The van der Waals surface area contributed by atoms with Crippen LogP contribution >= 0.6 is 12.2 Å². The molecule has 0 fully saturated rings. The zero-order valence-corrected chi connectivity index (χ0v) is 20.6. The topological polar surface area (TPSA) is 57.2 Å². The molecule has 2 unspecified atom stereocenters. The minimum atomic E-state index is -1.03. The van der Waals surface area contributed by atoms with Crippen molar-refractivity contribution in [2.24, 2.45) is 0 Å². The maximum Gasteiger partial charge on any atom is 0.183 e. The highest BCUT2D eigenvalue weighted by Crippen LogP contribution is 2.59. The van der Waals surface area contributed by atoms with Gasteiger partial charge in [-0.05, 0) is 50.3 Å². The molecule has 3 aromatic rings. The maximum absolute atomic E-state index is 10.9. The number of nitrogens with zero attached hydrogens (tertiary/aromatic N) is 2. The minimum Gasteiger partial charge on any atom is -0.456 e. The van der Waals surface area contributed by atoms with Crippen LogP contribution in [-0.4, -0.2) is 42.3 Å². The summed E-state index contributed by atoms with van der Waals surface area (Å²) >= 11 is 5.43. The van der Waals surface area contributed by atoms with Crippen LogP contribution in [0.5, 0.6) is 11.5 Å². The van der Waals surface area contributed by atoms with Crippen LogP contribution in [0.15, 0.2) is 60.7 Å². The molecule has 2 heterocycles. The molecule has 2 aliphatic heterocycles. The number of benzene rings is 3. The molecule has 0 saturated heterocycles. The number of fused-ring (bicyclic) bond motifs is 6. The molecule has 34 heavy (non-hydrogen) atoms. The van der Waals surface area contributed by atoms with Crippen LogP contribution in [-0.2, 0) is 10.3 Å². The number of thiocarbonyl (C=S) groups is 1. The van der Waals surface area contributed by atoms with Crippen molar-refractivity contribution in [3.05, 3.63) is 82.9 Å². The van der Waals surface area contributed by atoms with Gasteiger partial charge in [0.2, 0.25) is 0 Å². The molecule has 0 aromatic heterocycles. The van der Waals surface area contributed by atoms with E-state index in [2.05, 4.69) is 42.3 Å². The molecule has 6 nitrogen and oxygen atoms in total. The van der Waals surface area contributed by atoms with Gasteiger partial charge in [0.25, 0.3) is 0 Å². The minimum absolute atomic E-state index is 0.604. The summed E-state index contributed by atoms with van der Waals surface area (Å²) in [6, 6.07) is 20.0. The monoisotopic (exact) mass is 475 g/mol. The van der Waals surface area contributed by atoms with Gasteiger partial charge in [-0.1, -0.05) is 24.3 Å². The number of ether oxygens (including phenoxy) is 2. The van der Waals surface area contributed by atoms with Gasteiger partial charge < -0.3 is 29.7 Å². The zero-order chi connectivity index (χ0) is 24.0. The van der Waals surface area contributed by atoms with Crippen molar-refractivity contribution in [1.29, 1.82) is 0 Å². The number of hydrogen-bond donors (Lipinski definition) is 2. The Morgan fingerprint density at radius 1 is 0.971 bits per heavy atom. The van der Waals surface area contributed by atoms with Gasteiger partial charge >= 0.3 is 0 Å². The predicted octanol–water partition coefficient (Wildman–Crippen LogP) is 5.21. The Kier molecular flexibility index (Phi) is 5.72. The lowest BCUT2D eigenvalue weighted by molar-refractivity contribution is -0.142. The first-order valence-corrected chi connectivity index (χ1v) is 11.9. The van der Waals surface area contributed by atoms with Crippen LogP contribution in [0.4, 0.5) is 11.4 Å². The highest BCUT2D eigenvalue weighted by Gasteiger charge is 2.52. The second kappa shape index (κ2) is 8.58. The first-order valence-electron chi connectivity index (χ1n) is 11.5. The lowest BCUT2D eigenvalue weighted by atomic mass is 9.77. The van der Waals surface area contributed by atoms with Crippen LogP contribution < -0.4 is 15.0 Å². The molecule has 2 aliphatic rings. The van der Waals surface area contributed by atoms with Crippen LogP contribution in [0.3, 0.4) is 0 Å². The van der Waals surface area contributed by atoms with E-state index in [9.17, 15) is 5.11 Å². The van der Waals surface area contributed by atoms with E-state index in [0.29, 0.717) is 16.6 Å². The van der Waals surface area contributed by atoms with Gasteiger partial charge in [-0.3, -0.25) is 0 Å². The molecule has 2 atom stereocenters. The summed E-state index contributed by atoms with van der Waals surface area (Å²) < 4.78 is 12.9. The summed E-state index contributed by atoms with van der Waals surface area (Å²) in [5.74, 6) is 1.38. The number of aliphatic hydroxyl groups is 1. The molecule has 3 aromatic carbocycles. The van der Waals surface area contributed by atoms with E-state index in [1.165, 1.54) is 0 Å². The lowest BCUT2D eigenvalue weighted by Crippen LogP contribution is -2.33. The van der Waals surface area contributed by atoms with E-state index < -0.39 is 11.9 Å². The fraction of sp³-hybridized carbons (Fsp3) is 0.296. The molecular formula is C27H29N3O3S. The largest absolute Gasteiger partial charge is 0.456 e. The molecule has 0 bridgehead atoms. The van der Waals surface area contributed by atoms with Crippen molar-refractivity contribution in [1.82, 2.24) is 4.90 Å². The van der Waals surface area contributed by atoms with Gasteiger partial charge in [0, 0.05) is 72.9 Å². The van der Waals surface area contributed by atoms with E-state index >= 15 is 0 Å². The van der Waals surface area contributed by atoms with Gasteiger partial charge in [0.1, 0.15) is 11.5 Å². The molecule has 0 saturated carbocycles. The van der Waals surface area contributed by atoms with Crippen molar-refractivity contribution in [3.8, 4) is 11.5 Å². The Labute approximate surface area is 205 Å². The first kappa shape index (κ1) is 22.7. The quantitative estimate of drug-likeness (QED) is 0.503. The fourth-order valence-corrected chi connectivity index (χ4v) is 5.01. The van der Waals surface area contributed by atoms with E-state index in [1.807, 2.05) is 61.5 Å². The van der Waals surface area contributed by atoms with Gasteiger partial charge in [-0.15, -0.1) is 0 Å². The standard InChI is InChI=1S/C27H29N3O3S/c1-5-30(6-2)18-12-14-22-24(16-18)32-23-15-17(28-26(34)29(3)4)11-13-21(23)27(22)20-10-8-7-9-19(20)25(31)33-27/h7-16,25,31H,5-6H2,1-4H3,(H,28,34). The third kappa shape index (κ3) is 3.43. The molecule has 2 N–H and O–H groups in total. The predicted molar refractivity (Wildman–Crippen MR) is 139 cm³/mol. The van der Waals surface area contributed by atoms with Gasteiger partial charge in [-0.2, -0.15) is 0 Å². The fourth-order valence-electron chi connectivity index (χ4n) is 4.89. The Morgan fingerprint density at radius 2 is 1.65 bits per heavy atom. The average Bonchev–Trinajstić information content (AvgIpc) is 3.12. The van der Waals surface area contributed by atoms with Crippen molar-refractivity contribution in [3.63, 3.8) is 0 Å². The normalized spacial score (nSPS) is 19.6. The Bertz CT molecular complexity index is 1260. The Hall–Kier alpha value is -3.13. The van der Waals surface area contributed by atoms with E-state index in [4.69, 9.17) is 21.7 Å². The van der Waals surface area contributed by atoms with Crippen molar-refractivity contribution in [2.75, 3.05) is 37.4 Å². The lowest BCUT2D eigenvalue weighted by Gasteiger charge is -2.38. The molecular weight excluding hydrogens is 446 g/mol. The van der Waals surface area contributed by atoms with E-state index in [0.717, 1.165) is 46.7 Å². The van der Waals surface area contributed by atoms with Crippen molar-refractivity contribution in [2.45, 2.75) is 25.7 Å². The van der Waals surface area contributed by atoms with Crippen molar-refractivity contribution < 1.29 is 14.6 Å². The summed E-state index contributed by atoms with van der Waals surface area (Å²) in [6.45, 7) is 6.06. The van der Waals surface area contributed by atoms with Crippen LogP contribution in [0.25, 0.3) is 0 Å². The van der Waals surface area contributed by atoms with E-state index in [1.54, 1.807) is 0 Å². The van der Waals surface area contributed by atoms with Gasteiger partial charge in [-0.25, -0.2) is 0 Å². The summed E-state index contributed by atoms with van der Waals surface area (Å²) in [4.78, 5) is 4.12. The smallest absolute Gasteiger partial charge is 0.183 e. The Balaban J connectivity index is 1.71. The number of aliphatic hydroxyl groups excluding tert-OH is 1. The first-order chi connectivity index (χ1) is 16.4. The molecule has 0 aliphatic carbocycles. The van der Waals surface area contributed by atoms with Crippen LogP contribution in [0.1, 0.15) is 42.4 Å². The van der Waals surface area contributed by atoms with Crippen LogP contribution in [0.2, 0.25) is 0 Å². The highest BCUT2D eigenvalue weighted by atomic mass is 32.1. The third-order valence-electron chi connectivity index (χ3n) is 6.61. The molecule has 7 heteroatoms. The van der Waals surface area contributed by atoms with Gasteiger partial charge in [0.15, 0.2) is 17.0 Å². The third-order valence-corrected chi connectivity index (χ3v) is 7.07. The average molecular weight is 476 g/mol. The second-order valence-electron chi connectivity index (χ2n) is 8.73. The van der Waals surface area contributed by atoms with Gasteiger partial charge in [0.05, 0.1) is 0 Å². The number of rotatable bonds is 4. The highest BCUT2D eigenvalue weighted by molar-refractivity contribution is 7.80. The molecule has 176 valence electrons. The summed E-state index contributed by atoms with van der Waals surface area (Å²) in [5, 5.41) is 14.8. The number of anilines is 2. The number of nitrogens with one attached hydrogen (secondary N) is 1. The maximum atomic E-state index is 10.9. The number of hydrogen-bond acceptors (Lipinski definition) is 5. The summed E-state index contributed by atoms with van der Waals surface area (Å²) in [6.07, 6.45) is -1.03. The van der Waals surface area contributed by atoms with E-state index in [-0.39, 0.29) is 0 Å². The molecule has 5 rings (SSSR count). The van der Waals surface area contributed by atoms with Crippen LogP contribution in [0, 0.1) is 0 Å². The second-order valence-corrected chi connectivity index (χ2v) is 9.12. The molecule has 1 spiro atoms.